The van der Waals surface area contributed by atoms with E-state index in [9.17, 15) is 5.26 Å². The second-order valence-corrected chi connectivity index (χ2v) is 5.52. The Morgan fingerprint density at radius 1 is 1.00 bits per heavy atom. The molecule has 0 amide bonds. The van der Waals surface area contributed by atoms with Gasteiger partial charge in [-0.2, -0.15) is 5.26 Å². The highest BCUT2D eigenvalue weighted by atomic mass is 32.2. The van der Waals surface area contributed by atoms with Gasteiger partial charge in [0.2, 0.25) is 0 Å². The van der Waals surface area contributed by atoms with Crippen LogP contribution in [-0.2, 0) is 0 Å². The second-order valence-electron chi connectivity index (χ2n) is 4.46. The molecule has 3 heteroatoms. The molecule has 0 aliphatic carbocycles. The average molecular weight is 276 g/mol. The molecule has 0 aliphatic heterocycles. The van der Waals surface area contributed by atoms with Gasteiger partial charge in [0.05, 0.1) is 11.1 Å². The molecule has 1 aromatic heterocycles. The molecule has 0 saturated heterocycles. The van der Waals surface area contributed by atoms with Gasteiger partial charge < -0.3 is 0 Å². The lowest BCUT2D eigenvalue weighted by atomic mass is 10.1. The van der Waals surface area contributed by atoms with Crippen molar-refractivity contribution in [2.45, 2.75) is 16.8 Å². The van der Waals surface area contributed by atoms with E-state index >= 15 is 0 Å². The predicted molar refractivity (Wildman–Crippen MR) is 81.8 cm³/mol. The Morgan fingerprint density at radius 2 is 1.70 bits per heavy atom. The molecule has 0 spiro atoms. The summed E-state index contributed by atoms with van der Waals surface area (Å²) in [6.07, 6.45) is 0. The van der Waals surface area contributed by atoms with Crippen molar-refractivity contribution in [3.05, 3.63) is 65.7 Å². The molecule has 3 rings (SSSR count). The normalized spacial score (nSPS) is 10.4. The first-order chi connectivity index (χ1) is 9.79. The number of hydrogen-bond donors (Lipinski definition) is 0. The van der Waals surface area contributed by atoms with Gasteiger partial charge in [-0.15, -0.1) is 0 Å². The maximum atomic E-state index is 9.43. The molecule has 0 atom stereocenters. The minimum Gasteiger partial charge on any atom is -0.240 e. The molecular formula is C17H12N2S. The fraction of sp³-hybridized carbons (Fsp3) is 0.0588. The number of nitrogens with zero attached hydrogens (tertiary/aromatic N) is 2. The highest BCUT2D eigenvalue weighted by Gasteiger charge is 2.12. The number of rotatable bonds is 2. The van der Waals surface area contributed by atoms with Gasteiger partial charge in [0.1, 0.15) is 11.1 Å². The Hall–Kier alpha value is -2.31. The zero-order chi connectivity index (χ0) is 13.9. The molecule has 2 nitrogen and oxygen atoms in total. The van der Waals surface area contributed by atoms with Gasteiger partial charge in [-0.3, -0.25) is 0 Å². The van der Waals surface area contributed by atoms with Crippen molar-refractivity contribution in [3.8, 4) is 6.07 Å². The first-order valence-electron chi connectivity index (χ1n) is 6.32. The quantitative estimate of drug-likeness (QED) is 0.688. The van der Waals surface area contributed by atoms with Crippen LogP contribution < -0.4 is 0 Å². The van der Waals surface area contributed by atoms with Gasteiger partial charge >= 0.3 is 0 Å². The van der Waals surface area contributed by atoms with E-state index in [0.717, 1.165) is 26.4 Å². The number of hydrogen-bond acceptors (Lipinski definition) is 3. The molecule has 0 unspecified atom stereocenters. The zero-order valence-electron chi connectivity index (χ0n) is 11.0. The smallest absolute Gasteiger partial charge is 0.120 e. The van der Waals surface area contributed by atoms with Crippen LogP contribution >= 0.6 is 11.8 Å². The van der Waals surface area contributed by atoms with Gasteiger partial charge in [-0.05, 0) is 30.7 Å². The Balaban J connectivity index is 2.18. The summed E-state index contributed by atoms with van der Waals surface area (Å²) in [7, 11) is 0. The fourth-order valence-electron chi connectivity index (χ4n) is 2.15. The average Bonchev–Trinajstić information content (AvgIpc) is 2.49. The largest absolute Gasteiger partial charge is 0.240 e. The van der Waals surface area contributed by atoms with Crippen molar-refractivity contribution < 1.29 is 0 Å². The van der Waals surface area contributed by atoms with Crippen molar-refractivity contribution in [2.24, 2.45) is 0 Å². The lowest BCUT2D eigenvalue weighted by molar-refractivity contribution is 1.14. The summed E-state index contributed by atoms with van der Waals surface area (Å²) in [5, 5.41) is 11.2. The van der Waals surface area contributed by atoms with Crippen LogP contribution in [0.15, 0.2) is 64.5 Å². The second kappa shape index (κ2) is 5.36. The van der Waals surface area contributed by atoms with Gasteiger partial charge in [0, 0.05) is 10.3 Å². The fourth-order valence-corrected chi connectivity index (χ4v) is 3.12. The number of benzene rings is 2. The molecule has 0 N–H and O–H groups in total. The van der Waals surface area contributed by atoms with Gasteiger partial charge in [-0.25, -0.2) is 4.98 Å². The van der Waals surface area contributed by atoms with Crippen LogP contribution in [0.1, 0.15) is 11.1 Å². The van der Waals surface area contributed by atoms with E-state index in [1.807, 2.05) is 61.5 Å². The molecule has 0 aliphatic rings. The maximum Gasteiger partial charge on any atom is 0.120 e. The van der Waals surface area contributed by atoms with E-state index in [0.29, 0.717) is 5.56 Å². The van der Waals surface area contributed by atoms with Crippen LogP contribution in [0.5, 0.6) is 0 Å². The molecule has 20 heavy (non-hydrogen) atoms. The van der Waals surface area contributed by atoms with Crippen LogP contribution in [0.25, 0.3) is 10.9 Å². The summed E-state index contributed by atoms with van der Waals surface area (Å²) in [5.41, 5.74) is 2.59. The third-order valence-electron chi connectivity index (χ3n) is 3.19. The third kappa shape index (κ3) is 2.26. The van der Waals surface area contributed by atoms with E-state index < -0.39 is 0 Å². The summed E-state index contributed by atoms with van der Waals surface area (Å²) >= 11 is 1.53. The standard InChI is InChI=1S/C17H12N2S/c1-12-14-9-5-6-10-16(14)19-17(15(12)11-18)20-13-7-3-2-4-8-13/h2-10H,1H3. The minimum atomic E-state index is 0.664. The summed E-state index contributed by atoms with van der Waals surface area (Å²) in [4.78, 5) is 5.73. The van der Waals surface area contributed by atoms with Gasteiger partial charge in [0.15, 0.2) is 0 Å². The third-order valence-corrected chi connectivity index (χ3v) is 4.19. The molecule has 2 aromatic carbocycles. The minimum absolute atomic E-state index is 0.664. The van der Waals surface area contributed by atoms with Crippen LogP contribution in [0.4, 0.5) is 0 Å². The molecule has 1 heterocycles. The number of pyridine rings is 1. The van der Waals surface area contributed by atoms with Crippen molar-refractivity contribution in [2.75, 3.05) is 0 Å². The van der Waals surface area contributed by atoms with Crippen molar-refractivity contribution in [1.82, 2.24) is 4.98 Å². The summed E-state index contributed by atoms with van der Waals surface area (Å²) in [6.45, 7) is 1.98. The van der Waals surface area contributed by atoms with Gasteiger partial charge in [-0.1, -0.05) is 48.2 Å². The van der Waals surface area contributed by atoms with Crippen LogP contribution in [0.3, 0.4) is 0 Å². The lowest BCUT2D eigenvalue weighted by Gasteiger charge is -2.09. The summed E-state index contributed by atoms with van der Waals surface area (Å²) in [5.74, 6) is 0. The van der Waals surface area contributed by atoms with Gasteiger partial charge in [0.25, 0.3) is 0 Å². The Morgan fingerprint density at radius 3 is 2.45 bits per heavy atom. The van der Waals surface area contributed by atoms with E-state index in [2.05, 4.69) is 11.1 Å². The zero-order valence-corrected chi connectivity index (χ0v) is 11.8. The monoisotopic (exact) mass is 276 g/mol. The molecule has 0 bridgehead atoms. The number of fused-ring (bicyclic) bond motifs is 1. The number of nitriles is 1. The first-order valence-corrected chi connectivity index (χ1v) is 7.13. The van der Waals surface area contributed by atoms with E-state index in [1.54, 1.807) is 0 Å². The number of para-hydroxylation sites is 1. The molecule has 0 saturated carbocycles. The van der Waals surface area contributed by atoms with E-state index in [-0.39, 0.29) is 0 Å². The van der Waals surface area contributed by atoms with Crippen molar-refractivity contribution in [1.29, 1.82) is 5.26 Å². The maximum absolute atomic E-state index is 9.43. The summed E-state index contributed by atoms with van der Waals surface area (Å²) < 4.78 is 0. The SMILES string of the molecule is Cc1c(C#N)c(Sc2ccccc2)nc2ccccc12. The predicted octanol–water partition coefficient (Wildman–Crippen LogP) is 4.57. The molecule has 3 aromatic rings. The summed E-state index contributed by atoms with van der Waals surface area (Å²) in [6, 6.07) is 20.2. The number of aryl methyl sites for hydroxylation is 1. The topological polar surface area (TPSA) is 36.7 Å². The lowest BCUT2D eigenvalue weighted by Crippen LogP contribution is -1.93. The molecule has 96 valence electrons. The van der Waals surface area contributed by atoms with Crippen LogP contribution in [0.2, 0.25) is 0 Å². The first kappa shape index (κ1) is 12.7. The van der Waals surface area contributed by atoms with Crippen molar-refractivity contribution >= 4 is 22.7 Å². The van der Waals surface area contributed by atoms with Crippen molar-refractivity contribution in [3.63, 3.8) is 0 Å². The molecule has 0 radical (unpaired) electrons. The Kier molecular flexibility index (Phi) is 3.41. The Labute approximate surface area is 122 Å². The molecular weight excluding hydrogens is 264 g/mol. The van der Waals surface area contributed by atoms with E-state index in [1.165, 1.54) is 11.8 Å². The van der Waals surface area contributed by atoms with Crippen LogP contribution in [0, 0.1) is 18.3 Å². The highest BCUT2D eigenvalue weighted by Crippen LogP contribution is 2.32. The molecule has 0 fully saturated rings. The number of aromatic nitrogens is 1. The highest BCUT2D eigenvalue weighted by molar-refractivity contribution is 7.99. The van der Waals surface area contributed by atoms with E-state index in [4.69, 9.17) is 0 Å². The Bertz CT molecular complexity index is 804. The van der Waals surface area contributed by atoms with Crippen LogP contribution in [-0.4, -0.2) is 4.98 Å².